The lowest BCUT2D eigenvalue weighted by Crippen LogP contribution is -2.12. The fourth-order valence-corrected chi connectivity index (χ4v) is 2.61. The van der Waals surface area contributed by atoms with E-state index in [1.54, 1.807) is 7.11 Å². The van der Waals surface area contributed by atoms with Gasteiger partial charge in [-0.2, -0.15) is 0 Å². The van der Waals surface area contributed by atoms with E-state index >= 15 is 0 Å². The van der Waals surface area contributed by atoms with Gasteiger partial charge in [-0.25, -0.2) is 0 Å². The van der Waals surface area contributed by atoms with E-state index in [1.807, 2.05) is 48.5 Å². The van der Waals surface area contributed by atoms with Gasteiger partial charge in [0.2, 0.25) is 0 Å². The van der Waals surface area contributed by atoms with E-state index in [1.165, 1.54) is 0 Å². The molecule has 1 atom stereocenters. The van der Waals surface area contributed by atoms with E-state index in [0.29, 0.717) is 0 Å². The first kappa shape index (κ1) is 14.0. The van der Waals surface area contributed by atoms with Gasteiger partial charge in [0.25, 0.3) is 0 Å². The van der Waals surface area contributed by atoms with Gasteiger partial charge in [-0.1, -0.05) is 35.0 Å². The topological polar surface area (TPSA) is 30.8 Å². The lowest BCUT2D eigenvalue weighted by atomic mass is 10.0. The molecule has 0 radical (unpaired) electrons. The Bertz CT molecular complexity index is 652. The van der Waals surface area contributed by atoms with Crippen LogP contribution in [-0.4, -0.2) is 18.9 Å². The van der Waals surface area contributed by atoms with Crippen LogP contribution in [0.2, 0.25) is 5.02 Å². The quantitative estimate of drug-likeness (QED) is 0.852. The van der Waals surface area contributed by atoms with Gasteiger partial charge in [0.05, 0.1) is 12.8 Å². The molecule has 21 heavy (non-hydrogen) atoms. The second kappa shape index (κ2) is 6.19. The second-order valence-corrected chi connectivity index (χ2v) is 5.40. The Morgan fingerprint density at radius 3 is 2.67 bits per heavy atom. The third kappa shape index (κ3) is 3.19. The predicted molar refractivity (Wildman–Crippen MR) is 84.2 cm³/mol. The maximum Gasteiger partial charge on any atom is 0.137 e. The number of methoxy groups -OCH3 is 1. The van der Waals surface area contributed by atoms with Crippen molar-refractivity contribution in [3.05, 3.63) is 64.7 Å². The molecule has 0 aliphatic carbocycles. The maximum absolute atomic E-state index is 6.18. The van der Waals surface area contributed by atoms with E-state index < -0.39 is 0 Å². The van der Waals surface area contributed by atoms with Crippen molar-refractivity contribution < 1.29 is 9.57 Å². The lowest BCUT2D eigenvalue weighted by Gasteiger charge is -2.09. The zero-order valence-corrected chi connectivity index (χ0v) is 12.5. The summed E-state index contributed by atoms with van der Waals surface area (Å²) in [7, 11) is 1.66. The largest absolute Gasteiger partial charge is 0.497 e. The Balaban J connectivity index is 1.65. The van der Waals surface area contributed by atoms with E-state index in [0.717, 1.165) is 40.5 Å². The zero-order chi connectivity index (χ0) is 14.7. The SMILES string of the molecule is COc1ccc(C2=NOC(Cc3ccccc3Cl)C2)cc1. The molecule has 0 N–H and O–H groups in total. The summed E-state index contributed by atoms with van der Waals surface area (Å²) >= 11 is 6.18. The number of hydrogen-bond acceptors (Lipinski definition) is 3. The van der Waals surface area contributed by atoms with Crippen molar-refractivity contribution in [1.29, 1.82) is 0 Å². The Hall–Kier alpha value is -2.00. The number of nitrogens with zero attached hydrogens (tertiary/aromatic N) is 1. The van der Waals surface area contributed by atoms with Crippen LogP contribution in [0.4, 0.5) is 0 Å². The highest BCUT2D eigenvalue weighted by molar-refractivity contribution is 6.31. The van der Waals surface area contributed by atoms with Gasteiger partial charge in [-0.15, -0.1) is 0 Å². The maximum atomic E-state index is 6.18. The van der Waals surface area contributed by atoms with Gasteiger partial charge >= 0.3 is 0 Å². The fraction of sp³-hybridized carbons (Fsp3) is 0.235. The van der Waals surface area contributed by atoms with E-state index in [2.05, 4.69) is 5.16 Å². The number of halogens is 1. The number of benzene rings is 2. The van der Waals surface area contributed by atoms with Gasteiger partial charge in [0.1, 0.15) is 11.9 Å². The van der Waals surface area contributed by atoms with Gasteiger partial charge in [-0.3, -0.25) is 0 Å². The number of rotatable bonds is 4. The van der Waals surface area contributed by atoms with Crippen LogP contribution in [0.3, 0.4) is 0 Å². The molecule has 0 spiro atoms. The molecule has 1 unspecified atom stereocenters. The molecule has 2 aromatic rings. The van der Waals surface area contributed by atoms with Crippen molar-refractivity contribution in [3.8, 4) is 5.75 Å². The van der Waals surface area contributed by atoms with Crippen molar-refractivity contribution in [1.82, 2.24) is 0 Å². The Morgan fingerprint density at radius 2 is 1.95 bits per heavy atom. The Morgan fingerprint density at radius 1 is 1.19 bits per heavy atom. The molecule has 0 amide bonds. The van der Waals surface area contributed by atoms with E-state index in [9.17, 15) is 0 Å². The summed E-state index contributed by atoms with van der Waals surface area (Å²) in [5.41, 5.74) is 3.13. The highest BCUT2D eigenvalue weighted by atomic mass is 35.5. The third-order valence-corrected chi connectivity index (χ3v) is 3.93. The lowest BCUT2D eigenvalue weighted by molar-refractivity contribution is 0.0859. The molecule has 0 bridgehead atoms. The number of oxime groups is 1. The number of hydrogen-bond donors (Lipinski definition) is 0. The summed E-state index contributed by atoms with van der Waals surface area (Å²) in [5, 5.41) is 4.98. The van der Waals surface area contributed by atoms with Crippen molar-refractivity contribution in [2.45, 2.75) is 18.9 Å². The van der Waals surface area contributed by atoms with E-state index in [4.69, 9.17) is 21.2 Å². The summed E-state index contributed by atoms with van der Waals surface area (Å²) < 4.78 is 5.16. The average Bonchev–Trinajstić information content (AvgIpc) is 2.98. The van der Waals surface area contributed by atoms with Crippen LogP contribution in [0.15, 0.2) is 53.7 Å². The molecule has 1 aliphatic heterocycles. The molecule has 0 saturated heterocycles. The predicted octanol–water partition coefficient (Wildman–Crippen LogP) is 4.08. The molecule has 3 rings (SSSR count). The van der Waals surface area contributed by atoms with Gasteiger partial charge in [0.15, 0.2) is 0 Å². The first-order valence-electron chi connectivity index (χ1n) is 6.87. The zero-order valence-electron chi connectivity index (χ0n) is 11.8. The molecule has 0 aromatic heterocycles. The second-order valence-electron chi connectivity index (χ2n) is 4.99. The molecule has 0 saturated carbocycles. The molecule has 3 nitrogen and oxygen atoms in total. The van der Waals surface area contributed by atoms with Crippen LogP contribution in [0.25, 0.3) is 0 Å². The molecular weight excluding hydrogens is 286 g/mol. The Labute approximate surface area is 129 Å². The fourth-order valence-electron chi connectivity index (χ4n) is 2.40. The third-order valence-electron chi connectivity index (χ3n) is 3.56. The molecular formula is C17H16ClNO2. The normalized spacial score (nSPS) is 17.2. The standard InChI is InChI=1S/C17H16ClNO2/c1-20-14-8-6-12(7-9-14)17-11-15(21-19-17)10-13-4-2-3-5-16(13)18/h2-9,15H,10-11H2,1H3. The molecule has 108 valence electrons. The first-order valence-corrected chi connectivity index (χ1v) is 7.24. The summed E-state index contributed by atoms with van der Waals surface area (Å²) in [6.45, 7) is 0. The van der Waals surface area contributed by atoms with Crippen LogP contribution in [-0.2, 0) is 11.3 Å². The van der Waals surface area contributed by atoms with Crippen LogP contribution in [0, 0.1) is 0 Å². The van der Waals surface area contributed by atoms with Gasteiger partial charge < -0.3 is 9.57 Å². The minimum Gasteiger partial charge on any atom is -0.497 e. The van der Waals surface area contributed by atoms with Crippen LogP contribution >= 0.6 is 11.6 Å². The molecule has 2 aromatic carbocycles. The van der Waals surface area contributed by atoms with Crippen molar-refractivity contribution in [3.63, 3.8) is 0 Å². The summed E-state index contributed by atoms with van der Waals surface area (Å²) in [6.07, 6.45) is 1.60. The minimum absolute atomic E-state index is 0.0435. The summed E-state index contributed by atoms with van der Waals surface area (Å²) in [4.78, 5) is 5.53. The van der Waals surface area contributed by atoms with Crippen LogP contribution < -0.4 is 4.74 Å². The van der Waals surface area contributed by atoms with Gasteiger partial charge in [0, 0.05) is 17.9 Å². The van der Waals surface area contributed by atoms with E-state index in [-0.39, 0.29) is 6.10 Å². The summed E-state index contributed by atoms with van der Waals surface area (Å²) in [6, 6.07) is 15.7. The minimum atomic E-state index is 0.0435. The van der Waals surface area contributed by atoms with Crippen molar-refractivity contribution in [2.75, 3.05) is 7.11 Å². The highest BCUT2D eigenvalue weighted by Crippen LogP contribution is 2.24. The monoisotopic (exact) mass is 301 g/mol. The molecule has 4 heteroatoms. The van der Waals surface area contributed by atoms with Gasteiger partial charge in [-0.05, 0) is 41.5 Å². The average molecular weight is 302 g/mol. The molecule has 1 heterocycles. The number of ether oxygens (including phenoxy) is 1. The molecule has 1 aliphatic rings. The Kier molecular flexibility index (Phi) is 4.11. The summed E-state index contributed by atoms with van der Waals surface area (Å²) in [5.74, 6) is 0.839. The van der Waals surface area contributed by atoms with Crippen molar-refractivity contribution in [2.24, 2.45) is 5.16 Å². The van der Waals surface area contributed by atoms with Crippen LogP contribution in [0.5, 0.6) is 5.75 Å². The molecule has 0 fully saturated rings. The van der Waals surface area contributed by atoms with Crippen LogP contribution in [0.1, 0.15) is 17.5 Å². The highest BCUT2D eigenvalue weighted by Gasteiger charge is 2.23. The smallest absolute Gasteiger partial charge is 0.137 e. The van der Waals surface area contributed by atoms with Crippen molar-refractivity contribution >= 4 is 17.3 Å². The first-order chi connectivity index (χ1) is 10.3.